The maximum absolute atomic E-state index is 12.9. The molecule has 0 aromatic heterocycles. The van der Waals surface area contributed by atoms with Gasteiger partial charge in [0.2, 0.25) is 10.0 Å². The van der Waals surface area contributed by atoms with Crippen LogP contribution >= 0.6 is 23.8 Å². The molecular weight excluding hydrogens is 287 g/mol. The summed E-state index contributed by atoms with van der Waals surface area (Å²) in [5.74, 6) is -0.628. The van der Waals surface area contributed by atoms with Crippen LogP contribution in [0.25, 0.3) is 0 Å². The van der Waals surface area contributed by atoms with Crippen LogP contribution in [0.1, 0.15) is 6.92 Å². The Morgan fingerprint density at radius 1 is 1.59 bits per heavy atom. The Morgan fingerprint density at radius 3 is 2.65 bits per heavy atom. The first-order valence-corrected chi connectivity index (χ1v) is 6.83. The Kier molecular flexibility index (Phi) is 4.29. The molecule has 0 fully saturated rings. The highest BCUT2D eigenvalue weighted by molar-refractivity contribution is 7.95. The molecule has 1 atom stereocenters. The van der Waals surface area contributed by atoms with Crippen LogP contribution < -0.4 is 10.5 Å². The normalized spacial score (nSPS) is 13.1. The van der Waals surface area contributed by atoms with E-state index in [1.165, 1.54) is 19.1 Å². The summed E-state index contributed by atoms with van der Waals surface area (Å²) in [6.45, 7) is 1.36. The van der Waals surface area contributed by atoms with Crippen LogP contribution in [0, 0.1) is 5.82 Å². The van der Waals surface area contributed by atoms with Gasteiger partial charge in [0.25, 0.3) is 0 Å². The van der Waals surface area contributed by atoms with E-state index < -0.39 is 21.1 Å². The smallest absolute Gasteiger partial charge is 0.241 e. The lowest BCUT2D eigenvalue weighted by Crippen LogP contribution is -2.35. The van der Waals surface area contributed by atoms with E-state index in [1.54, 1.807) is 0 Å². The van der Waals surface area contributed by atoms with Gasteiger partial charge in [-0.15, -0.1) is 0 Å². The summed E-state index contributed by atoms with van der Waals surface area (Å²) >= 11 is 10.1. The van der Waals surface area contributed by atoms with Crippen molar-refractivity contribution in [1.29, 1.82) is 0 Å². The van der Waals surface area contributed by atoms with Crippen molar-refractivity contribution >= 4 is 44.5 Å². The summed E-state index contributed by atoms with van der Waals surface area (Å²) in [5.41, 5.74) is 5.41. The lowest BCUT2D eigenvalue weighted by atomic mass is 10.3. The highest BCUT2D eigenvalue weighted by Gasteiger charge is 2.23. The van der Waals surface area contributed by atoms with Gasteiger partial charge < -0.3 is 5.73 Å². The number of hydrogen-bond acceptors (Lipinski definition) is 3. The van der Waals surface area contributed by atoms with Gasteiger partial charge in [0, 0.05) is 0 Å². The minimum Gasteiger partial charge on any atom is -0.392 e. The van der Waals surface area contributed by atoms with Crippen molar-refractivity contribution in [2.24, 2.45) is 5.73 Å². The van der Waals surface area contributed by atoms with Crippen molar-refractivity contribution in [3.63, 3.8) is 0 Å². The van der Waals surface area contributed by atoms with Crippen LogP contribution in [0.15, 0.2) is 18.2 Å². The van der Waals surface area contributed by atoms with E-state index in [2.05, 4.69) is 16.9 Å². The zero-order valence-electron chi connectivity index (χ0n) is 8.78. The van der Waals surface area contributed by atoms with Crippen molar-refractivity contribution in [2.75, 3.05) is 4.72 Å². The predicted molar refractivity (Wildman–Crippen MR) is 70.2 cm³/mol. The lowest BCUT2D eigenvalue weighted by molar-refractivity contribution is 0.598. The van der Waals surface area contributed by atoms with E-state index in [4.69, 9.17) is 17.3 Å². The van der Waals surface area contributed by atoms with E-state index in [-0.39, 0.29) is 15.7 Å². The molecule has 17 heavy (non-hydrogen) atoms. The average Bonchev–Trinajstić information content (AvgIpc) is 2.22. The second-order valence-electron chi connectivity index (χ2n) is 3.32. The number of halogens is 2. The molecule has 0 aliphatic heterocycles. The molecule has 0 saturated heterocycles. The zero-order valence-corrected chi connectivity index (χ0v) is 11.2. The number of rotatable bonds is 4. The summed E-state index contributed by atoms with van der Waals surface area (Å²) in [6.07, 6.45) is 0. The first kappa shape index (κ1) is 14.1. The zero-order chi connectivity index (χ0) is 13.2. The monoisotopic (exact) mass is 296 g/mol. The standard InChI is InChI=1S/C9H10ClFN2O2S2/c1-5(9(12)16)17(14,15)13-6-2-3-8(11)7(10)4-6/h2-5,13H,1H3,(H2,12,16). The van der Waals surface area contributed by atoms with Crippen LogP contribution in [-0.4, -0.2) is 18.7 Å². The second kappa shape index (κ2) is 5.16. The summed E-state index contributed by atoms with van der Waals surface area (Å²) in [5, 5.41) is -1.20. The molecule has 3 N–H and O–H groups in total. The maximum atomic E-state index is 12.9. The summed E-state index contributed by atoms with van der Waals surface area (Å²) in [4.78, 5) is -0.147. The number of sulfonamides is 1. The van der Waals surface area contributed by atoms with Crippen LogP contribution in [-0.2, 0) is 10.0 Å². The summed E-state index contributed by atoms with van der Waals surface area (Å²) in [6, 6.07) is 3.48. The Bertz CT molecular complexity index is 548. The first-order chi connectivity index (χ1) is 7.74. The third-order valence-electron chi connectivity index (χ3n) is 2.05. The molecular formula is C9H10ClFN2O2S2. The highest BCUT2D eigenvalue weighted by atomic mass is 35.5. The molecule has 1 unspecified atom stereocenters. The van der Waals surface area contributed by atoms with Crippen molar-refractivity contribution in [2.45, 2.75) is 12.2 Å². The van der Waals surface area contributed by atoms with Crippen molar-refractivity contribution < 1.29 is 12.8 Å². The van der Waals surface area contributed by atoms with E-state index >= 15 is 0 Å². The molecule has 1 aromatic rings. The topological polar surface area (TPSA) is 72.2 Å². The molecule has 0 bridgehead atoms. The molecule has 0 aliphatic carbocycles. The Hall–Kier alpha value is -0.920. The van der Waals surface area contributed by atoms with Crippen molar-refractivity contribution in [3.8, 4) is 0 Å². The molecule has 0 aliphatic rings. The maximum Gasteiger partial charge on any atom is 0.241 e. The molecule has 0 heterocycles. The van der Waals surface area contributed by atoms with E-state index in [9.17, 15) is 12.8 Å². The number of nitrogens with one attached hydrogen (secondary N) is 1. The number of benzene rings is 1. The fourth-order valence-electron chi connectivity index (χ4n) is 0.965. The van der Waals surface area contributed by atoms with Crippen molar-refractivity contribution in [3.05, 3.63) is 29.0 Å². The third kappa shape index (κ3) is 3.52. The van der Waals surface area contributed by atoms with E-state index in [1.807, 2.05) is 0 Å². The molecule has 1 rings (SSSR count). The molecule has 0 saturated carbocycles. The first-order valence-electron chi connectivity index (χ1n) is 4.50. The fraction of sp³-hybridized carbons (Fsp3) is 0.222. The molecule has 4 nitrogen and oxygen atoms in total. The van der Waals surface area contributed by atoms with Gasteiger partial charge in [-0.2, -0.15) is 0 Å². The van der Waals surface area contributed by atoms with Gasteiger partial charge in [-0.05, 0) is 25.1 Å². The van der Waals surface area contributed by atoms with Gasteiger partial charge in [-0.3, -0.25) is 4.72 Å². The fourth-order valence-corrected chi connectivity index (χ4v) is 2.46. The van der Waals surface area contributed by atoms with Gasteiger partial charge in [-0.25, -0.2) is 12.8 Å². The quantitative estimate of drug-likeness (QED) is 0.832. The Balaban J connectivity index is 2.98. The number of thiocarbonyl (C=S) groups is 1. The van der Waals surface area contributed by atoms with Crippen molar-refractivity contribution in [1.82, 2.24) is 0 Å². The summed E-state index contributed by atoms with van der Waals surface area (Å²) < 4.78 is 38.5. The molecule has 1 aromatic carbocycles. The van der Waals surface area contributed by atoms with Gasteiger partial charge in [-0.1, -0.05) is 23.8 Å². The second-order valence-corrected chi connectivity index (χ2v) is 6.20. The lowest BCUT2D eigenvalue weighted by Gasteiger charge is -2.13. The minimum atomic E-state index is -3.74. The third-order valence-corrected chi connectivity index (χ3v) is 4.54. The minimum absolute atomic E-state index is 0.147. The largest absolute Gasteiger partial charge is 0.392 e. The van der Waals surface area contributed by atoms with Gasteiger partial charge >= 0.3 is 0 Å². The summed E-state index contributed by atoms with van der Waals surface area (Å²) in [7, 11) is -3.74. The van der Waals surface area contributed by atoms with Gasteiger partial charge in [0.1, 0.15) is 11.1 Å². The molecule has 94 valence electrons. The van der Waals surface area contributed by atoms with Crippen LogP contribution in [0.4, 0.5) is 10.1 Å². The van der Waals surface area contributed by atoms with Crippen LogP contribution in [0.2, 0.25) is 5.02 Å². The highest BCUT2D eigenvalue weighted by Crippen LogP contribution is 2.20. The van der Waals surface area contributed by atoms with E-state index in [0.717, 1.165) is 6.07 Å². The SMILES string of the molecule is CC(C(N)=S)S(=O)(=O)Nc1ccc(F)c(Cl)c1. The van der Waals surface area contributed by atoms with Gasteiger partial charge in [0.15, 0.2) is 0 Å². The number of anilines is 1. The molecule has 8 heteroatoms. The predicted octanol–water partition coefficient (Wildman–Crippen LogP) is 1.90. The molecule has 0 radical (unpaired) electrons. The average molecular weight is 297 g/mol. The molecule has 0 spiro atoms. The Labute approximate surface area is 109 Å². The van der Waals surface area contributed by atoms with Gasteiger partial charge in [0.05, 0.1) is 15.7 Å². The number of nitrogens with two attached hydrogens (primary N) is 1. The van der Waals surface area contributed by atoms with Crippen LogP contribution in [0.3, 0.4) is 0 Å². The van der Waals surface area contributed by atoms with E-state index in [0.29, 0.717) is 0 Å². The molecule has 0 amide bonds. The van der Waals surface area contributed by atoms with Crippen LogP contribution in [0.5, 0.6) is 0 Å². The number of hydrogen-bond donors (Lipinski definition) is 2. The Morgan fingerprint density at radius 2 is 2.18 bits per heavy atom.